The molecule has 0 saturated carbocycles. The van der Waals surface area contributed by atoms with Crippen LogP contribution in [0.5, 0.6) is 5.75 Å². The van der Waals surface area contributed by atoms with Gasteiger partial charge in [0.25, 0.3) is 5.91 Å². The van der Waals surface area contributed by atoms with Gasteiger partial charge in [0.05, 0.1) is 0 Å². The SMILES string of the molecule is O=C(COc1ccccc1)N1CCCC[C@H]1c1nc(-c2ccnc(-n3ccnc3)c2)no1. The summed E-state index contributed by atoms with van der Waals surface area (Å²) in [4.78, 5) is 27.7. The minimum absolute atomic E-state index is 0.0277. The summed E-state index contributed by atoms with van der Waals surface area (Å²) in [6.07, 6.45) is 9.58. The van der Waals surface area contributed by atoms with Crippen molar-refractivity contribution >= 4 is 5.91 Å². The molecule has 9 heteroatoms. The average molecular weight is 430 g/mol. The lowest BCUT2D eigenvalue weighted by Crippen LogP contribution is -2.41. The first-order chi connectivity index (χ1) is 15.8. The monoisotopic (exact) mass is 430 g/mol. The number of para-hydroxylation sites is 1. The highest BCUT2D eigenvalue weighted by Gasteiger charge is 2.32. The van der Waals surface area contributed by atoms with Gasteiger partial charge in [-0.15, -0.1) is 0 Å². The number of benzene rings is 1. The van der Waals surface area contributed by atoms with E-state index in [0.717, 1.165) is 24.8 Å². The average Bonchev–Trinajstić information content (AvgIpc) is 3.56. The van der Waals surface area contributed by atoms with E-state index in [2.05, 4.69) is 20.1 Å². The predicted molar refractivity (Wildman–Crippen MR) is 115 cm³/mol. The van der Waals surface area contributed by atoms with Crippen molar-refractivity contribution in [1.82, 2.24) is 29.6 Å². The number of likely N-dealkylation sites (tertiary alicyclic amines) is 1. The molecule has 3 aromatic heterocycles. The summed E-state index contributed by atoms with van der Waals surface area (Å²) in [5.74, 6) is 2.18. The fourth-order valence-corrected chi connectivity index (χ4v) is 3.81. The summed E-state index contributed by atoms with van der Waals surface area (Å²) in [5.41, 5.74) is 0.778. The second-order valence-electron chi connectivity index (χ2n) is 7.53. The molecule has 5 rings (SSSR count). The minimum Gasteiger partial charge on any atom is -0.484 e. The Morgan fingerprint density at radius 1 is 1.16 bits per heavy atom. The number of piperidine rings is 1. The molecule has 32 heavy (non-hydrogen) atoms. The smallest absolute Gasteiger partial charge is 0.261 e. The normalized spacial score (nSPS) is 16.1. The van der Waals surface area contributed by atoms with Gasteiger partial charge in [-0.3, -0.25) is 9.36 Å². The maximum absolute atomic E-state index is 12.9. The minimum atomic E-state index is -0.258. The molecule has 1 aliphatic heterocycles. The van der Waals surface area contributed by atoms with E-state index < -0.39 is 0 Å². The molecule has 1 atom stereocenters. The van der Waals surface area contributed by atoms with Gasteiger partial charge in [-0.05, 0) is 43.5 Å². The van der Waals surface area contributed by atoms with Gasteiger partial charge in [0.2, 0.25) is 11.7 Å². The Morgan fingerprint density at radius 3 is 2.91 bits per heavy atom. The molecular formula is C23H22N6O3. The van der Waals surface area contributed by atoms with Gasteiger partial charge in [0.15, 0.2) is 6.61 Å². The van der Waals surface area contributed by atoms with Gasteiger partial charge < -0.3 is 14.2 Å². The molecule has 0 unspecified atom stereocenters. The zero-order valence-corrected chi connectivity index (χ0v) is 17.4. The number of nitrogens with zero attached hydrogens (tertiary/aromatic N) is 6. The van der Waals surface area contributed by atoms with Crippen molar-refractivity contribution < 1.29 is 14.1 Å². The van der Waals surface area contributed by atoms with Crippen LogP contribution >= 0.6 is 0 Å². The molecule has 0 bridgehead atoms. The maximum Gasteiger partial charge on any atom is 0.261 e. The number of hydrogen-bond donors (Lipinski definition) is 0. The van der Waals surface area contributed by atoms with Gasteiger partial charge in [-0.25, -0.2) is 9.97 Å². The Hall–Kier alpha value is -4.01. The van der Waals surface area contributed by atoms with Crippen LogP contribution in [0.1, 0.15) is 31.2 Å². The Labute approximate surface area is 184 Å². The van der Waals surface area contributed by atoms with Crippen molar-refractivity contribution in [2.75, 3.05) is 13.2 Å². The van der Waals surface area contributed by atoms with Crippen LogP contribution in [0.25, 0.3) is 17.2 Å². The fraction of sp³-hybridized carbons (Fsp3) is 0.261. The summed E-state index contributed by atoms with van der Waals surface area (Å²) in [6, 6.07) is 12.8. The van der Waals surface area contributed by atoms with Crippen molar-refractivity contribution in [2.45, 2.75) is 25.3 Å². The molecule has 1 amide bonds. The van der Waals surface area contributed by atoms with E-state index >= 15 is 0 Å². The van der Waals surface area contributed by atoms with Crippen LogP contribution in [0.2, 0.25) is 0 Å². The van der Waals surface area contributed by atoms with Gasteiger partial charge >= 0.3 is 0 Å². The van der Waals surface area contributed by atoms with E-state index in [1.54, 1.807) is 28.2 Å². The first-order valence-electron chi connectivity index (χ1n) is 10.5. The van der Waals surface area contributed by atoms with Crippen molar-refractivity contribution in [2.24, 2.45) is 0 Å². The lowest BCUT2D eigenvalue weighted by Gasteiger charge is -2.33. The number of pyridine rings is 1. The zero-order chi connectivity index (χ0) is 21.8. The number of carbonyl (C=O) groups is 1. The van der Waals surface area contributed by atoms with Crippen LogP contribution in [0.3, 0.4) is 0 Å². The molecule has 1 fully saturated rings. The van der Waals surface area contributed by atoms with Gasteiger partial charge in [-0.2, -0.15) is 4.98 Å². The van der Waals surface area contributed by atoms with E-state index in [0.29, 0.717) is 29.8 Å². The van der Waals surface area contributed by atoms with Crippen molar-refractivity contribution in [3.8, 4) is 23.0 Å². The molecule has 4 aromatic rings. The fourth-order valence-electron chi connectivity index (χ4n) is 3.81. The van der Waals surface area contributed by atoms with Crippen molar-refractivity contribution in [3.63, 3.8) is 0 Å². The Kier molecular flexibility index (Phi) is 5.61. The quantitative estimate of drug-likeness (QED) is 0.462. The summed E-state index contributed by atoms with van der Waals surface area (Å²) in [7, 11) is 0. The molecule has 4 heterocycles. The standard InChI is InChI=1S/C23H22N6O3/c30-21(15-31-18-6-2-1-3-7-18)29-12-5-4-8-19(29)23-26-22(27-32-23)17-9-10-25-20(14-17)28-13-11-24-16-28/h1-3,6-7,9-11,13-14,16,19H,4-5,8,12,15H2/t19-/m0/s1. The van der Waals surface area contributed by atoms with Gasteiger partial charge in [0, 0.05) is 30.7 Å². The lowest BCUT2D eigenvalue weighted by molar-refractivity contribution is -0.138. The van der Waals surface area contributed by atoms with Crippen LogP contribution in [-0.4, -0.2) is 48.6 Å². The predicted octanol–water partition coefficient (Wildman–Crippen LogP) is 3.45. The topological polar surface area (TPSA) is 99.2 Å². The highest BCUT2D eigenvalue weighted by atomic mass is 16.5. The maximum atomic E-state index is 12.9. The van der Waals surface area contributed by atoms with Crippen LogP contribution < -0.4 is 4.74 Å². The molecule has 1 aromatic carbocycles. The second kappa shape index (κ2) is 9.01. The van der Waals surface area contributed by atoms with Crippen LogP contribution in [0.15, 0.2) is 71.9 Å². The number of carbonyl (C=O) groups excluding carboxylic acids is 1. The number of hydrogen-bond acceptors (Lipinski definition) is 7. The molecule has 0 spiro atoms. The summed E-state index contributed by atoms with van der Waals surface area (Å²) in [5, 5.41) is 4.16. The molecule has 0 aliphatic carbocycles. The van der Waals surface area contributed by atoms with Crippen LogP contribution in [0, 0.1) is 0 Å². The van der Waals surface area contributed by atoms with E-state index in [1.165, 1.54) is 0 Å². The first-order valence-corrected chi connectivity index (χ1v) is 10.5. The van der Waals surface area contributed by atoms with Crippen molar-refractivity contribution in [3.05, 3.63) is 73.3 Å². The van der Waals surface area contributed by atoms with E-state index in [4.69, 9.17) is 9.26 Å². The third-order valence-corrected chi connectivity index (χ3v) is 5.43. The van der Waals surface area contributed by atoms with Gasteiger partial charge in [-0.1, -0.05) is 23.4 Å². The van der Waals surface area contributed by atoms with Crippen LogP contribution in [-0.2, 0) is 4.79 Å². The molecular weight excluding hydrogens is 408 g/mol. The molecule has 9 nitrogen and oxygen atoms in total. The number of rotatable bonds is 6. The molecule has 162 valence electrons. The zero-order valence-electron chi connectivity index (χ0n) is 17.4. The molecule has 1 aliphatic rings. The third kappa shape index (κ3) is 4.22. The van der Waals surface area contributed by atoms with E-state index in [-0.39, 0.29) is 18.6 Å². The summed E-state index contributed by atoms with van der Waals surface area (Å²) in [6.45, 7) is 0.611. The highest BCUT2D eigenvalue weighted by molar-refractivity contribution is 5.78. The van der Waals surface area contributed by atoms with E-state index in [9.17, 15) is 4.79 Å². The number of imidazole rings is 1. The number of aromatic nitrogens is 5. The summed E-state index contributed by atoms with van der Waals surface area (Å²) < 4.78 is 13.1. The molecule has 1 saturated heterocycles. The third-order valence-electron chi connectivity index (χ3n) is 5.43. The Balaban J connectivity index is 1.33. The summed E-state index contributed by atoms with van der Waals surface area (Å²) >= 11 is 0. The van der Waals surface area contributed by atoms with Crippen molar-refractivity contribution in [1.29, 1.82) is 0 Å². The molecule has 0 radical (unpaired) electrons. The highest BCUT2D eigenvalue weighted by Crippen LogP contribution is 2.31. The Morgan fingerprint density at radius 2 is 2.06 bits per heavy atom. The number of amides is 1. The number of ether oxygens (including phenoxy) is 1. The van der Waals surface area contributed by atoms with E-state index in [1.807, 2.05) is 48.7 Å². The second-order valence-corrected chi connectivity index (χ2v) is 7.53. The molecule has 0 N–H and O–H groups in total. The van der Waals surface area contributed by atoms with Gasteiger partial charge in [0.1, 0.15) is 23.9 Å². The largest absolute Gasteiger partial charge is 0.484 e. The first kappa shape index (κ1) is 19.9. The van der Waals surface area contributed by atoms with Crippen LogP contribution in [0.4, 0.5) is 0 Å². The lowest BCUT2D eigenvalue weighted by atomic mass is 10.0. The Bertz CT molecular complexity index is 1180.